The number of nitrogens with zero attached hydrogens (tertiary/aromatic N) is 2. The van der Waals surface area contributed by atoms with Crippen LogP contribution in [0.3, 0.4) is 0 Å². The number of carboxylic acid groups (broad SMARTS) is 1. The van der Waals surface area contributed by atoms with Crippen molar-refractivity contribution in [3.63, 3.8) is 0 Å². The summed E-state index contributed by atoms with van der Waals surface area (Å²) in [7, 11) is 10.1. The molecule has 0 heterocycles. The standard InChI is InChI=1S/C22H46N2O2/c1-8-10-11-12-13-14-15-16-17-18-19-22(21(25)26,24(5,6)7)20(9-2)23(3)4/h20H,8-19H2,1-7H3/p+1. The van der Waals surface area contributed by atoms with Gasteiger partial charge in [0.15, 0.2) is 0 Å². The molecule has 0 saturated carbocycles. The third-order valence-corrected chi connectivity index (χ3v) is 6.04. The lowest BCUT2D eigenvalue weighted by Gasteiger charge is -2.49. The molecule has 2 unspecified atom stereocenters. The Morgan fingerprint density at radius 3 is 1.62 bits per heavy atom. The highest BCUT2D eigenvalue weighted by atomic mass is 16.4. The minimum atomic E-state index is -0.752. The number of likely N-dealkylation sites (N-methyl/N-ethyl adjacent to an activating group) is 2. The first kappa shape index (κ1) is 25.4. The molecule has 0 saturated heterocycles. The van der Waals surface area contributed by atoms with E-state index in [0.717, 1.165) is 25.7 Å². The Balaban J connectivity index is 4.57. The average molecular weight is 372 g/mol. The normalized spacial score (nSPS) is 15.8. The van der Waals surface area contributed by atoms with E-state index in [1.807, 2.05) is 35.2 Å². The fraction of sp³-hybridized carbons (Fsp3) is 0.955. The van der Waals surface area contributed by atoms with E-state index in [4.69, 9.17) is 0 Å². The van der Waals surface area contributed by atoms with Crippen LogP contribution >= 0.6 is 0 Å². The van der Waals surface area contributed by atoms with Crippen LogP contribution in [0.25, 0.3) is 0 Å². The largest absolute Gasteiger partial charge is 0.477 e. The molecule has 4 nitrogen and oxygen atoms in total. The molecule has 0 aromatic rings. The first-order valence-electron chi connectivity index (χ1n) is 10.9. The van der Waals surface area contributed by atoms with Gasteiger partial charge in [-0.05, 0) is 26.9 Å². The first-order chi connectivity index (χ1) is 12.1. The Labute approximate surface area is 163 Å². The van der Waals surface area contributed by atoms with Crippen LogP contribution in [0.2, 0.25) is 0 Å². The molecule has 0 aromatic carbocycles. The molecular weight excluding hydrogens is 324 g/mol. The minimum Gasteiger partial charge on any atom is -0.477 e. The highest BCUT2D eigenvalue weighted by Gasteiger charge is 2.56. The Morgan fingerprint density at radius 2 is 1.31 bits per heavy atom. The molecule has 0 aliphatic heterocycles. The van der Waals surface area contributed by atoms with Crippen molar-refractivity contribution in [1.29, 1.82) is 0 Å². The van der Waals surface area contributed by atoms with E-state index in [2.05, 4.69) is 18.7 Å². The SMILES string of the molecule is CCCCCCCCCCCCC(C(=O)O)(C(CC)N(C)C)[N+](C)(C)C. The summed E-state index contributed by atoms with van der Waals surface area (Å²) in [5.74, 6) is -0.651. The predicted octanol–water partition coefficient (Wildman–Crippen LogP) is 5.17. The molecule has 4 heteroatoms. The molecule has 26 heavy (non-hydrogen) atoms. The van der Waals surface area contributed by atoms with Gasteiger partial charge in [-0.2, -0.15) is 0 Å². The van der Waals surface area contributed by atoms with Gasteiger partial charge in [0, 0.05) is 6.42 Å². The van der Waals surface area contributed by atoms with Gasteiger partial charge < -0.3 is 14.5 Å². The van der Waals surface area contributed by atoms with Crippen LogP contribution in [-0.4, -0.2) is 67.3 Å². The van der Waals surface area contributed by atoms with Crippen LogP contribution in [0.4, 0.5) is 0 Å². The van der Waals surface area contributed by atoms with Crippen LogP contribution in [0.15, 0.2) is 0 Å². The van der Waals surface area contributed by atoms with E-state index in [1.54, 1.807) is 0 Å². The number of quaternary nitrogens is 1. The maximum Gasteiger partial charge on any atom is 0.367 e. The third kappa shape index (κ3) is 7.56. The second-order valence-electron chi connectivity index (χ2n) is 9.06. The zero-order valence-electron chi connectivity index (χ0n) is 18.8. The topological polar surface area (TPSA) is 40.5 Å². The monoisotopic (exact) mass is 371 g/mol. The Bertz CT molecular complexity index is 377. The lowest BCUT2D eigenvalue weighted by molar-refractivity contribution is -0.917. The van der Waals surface area contributed by atoms with E-state index >= 15 is 0 Å². The molecule has 0 spiro atoms. The van der Waals surface area contributed by atoms with Crippen LogP contribution in [0.5, 0.6) is 0 Å². The smallest absolute Gasteiger partial charge is 0.367 e. The van der Waals surface area contributed by atoms with Gasteiger partial charge in [0.05, 0.1) is 27.2 Å². The molecule has 0 aromatic heterocycles. The number of unbranched alkanes of at least 4 members (excludes halogenated alkanes) is 9. The van der Waals surface area contributed by atoms with Crippen molar-refractivity contribution in [2.24, 2.45) is 0 Å². The molecule has 2 atom stereocenters. The Kier molecular flexibility index (Phi) is 12.4. The van der Waals surface area contributed by atoms with Gasteiger partial charge in [0.25, 0.3) is 0 Å². The van der Waals surface area contributed by atoms with Gasteiger partial charge in [0.2, 0.25) is 5.54 Å². The number of rotatable bonds is 16. The summed E-state index contributed by atoms with van der Waals surface area (Å²) in [6.07, 6.45) is 14.4. The number of hydrogen-bond donors (Lipinski definition) is 1. The van der Waals surface area contributed by atoms with Crippen LogP contribution < -0.4 is 0 Å². The second kappa shape index (κ2) is 12.7. The zero-order chi connectivity index (χ0) is 20.2. The highest BCUT2D eigenvalue weighted by Crippen LogP contribution is 2.34. The molecule has 0 aliphatic rings. The maximum atomic E-state index is 12.4. The molecule has 156 valence electrons. The van der Waals surface area contributed by atoms with Crippen LogP contribution in [-0.2, 0) is 4.79 Å². The molecule has 0 amide bonds. The number of carboxylic acids is 1. The number of hydrogen-bond acceptors (Lipinski definition) is 2. The summed E-state index contributed by atoms with van der Waals surface area (Å²) in [5.41, 5.74) is -0.752. The van der Waals surface area contributed by atoms with Crippen LogP contribution in [0, 0.1) is 0 Å². The van der Waals surface area contributed by atoms with Gasteiger partial charge in [0.1, 0.15) is 0 Å². The zero-order valence-corrected chi connectivity index (χ0v) is 18.8. The summed E-state index contributed by atoms with van der Waals surface area (Å²) in [4.78, 5) is 14.5. The van der Waals surface area contributed by atoms with Crippen molar-refractivity contribution in [3.8, 4) is 0 Å². The highest BCUT2D eigenvalue weighted by molar-refractivity contribution is 5.78. The lowest BCUT2D eigenvalue weighted by Crippen LogP contribution is -2.70. The summed E-state index contributed by atoms with van der Waals surface area (Å²) >= 11 is 0. The maximum absolute atomic E-state index is 12.4. The molecule has 0 aliphatic carbocycles. The molecule has 0 rings (SSSR count). The van der Waals surface area contributed by atoms with E-state index in [9.17, 15) is 9.90 Å². The molecule has 1 N–H and O–H groups in total. The lowest BCUT2D eigenvalue weighted by atomic mass is 9.79. The van der Waals surface area contributed by atoms with Crippen LogP contribution in [0.1, 0.15) is 90.9 Å². The van der Waals surface area contributed by atoms with Crippen molar-refractivity contribution < 1.29 is 14.4 Å². The third-order valence-electron chi connectivity index (χ3n) is 6.04. The van der Waals surface area contributed by atoms with E-state index in [-0.39, 0.29) is 6.04 Å². The van der Waals surface area contributed by atoms with Crippen molar-refractivity contribution >= 4 is 5.97 Å². The second-order valence-corrected chi connectivity index (χ2v) is 9.06. The molecular formula is C22H47N2O2+. The number of aliphatic carboxylic acids is 1. The van der Waals surface area contributed by atoms with Gasteiger partial charge in [-0.25, -0.2) is 4.79 Å². The van der Waals surface area contributed by atoms with Crippen molar-refractivity contribution in [3.05, 3.63) is 0 Å². The van der Waals surface area contributed by atoms with Crippen molar-refractivity contribution in [2.75, 3.05) is 35.2 Å². The van der Waals surface area contributed by atoms with E-state index < -0.39 is 11.5 Å². The predicted molar refractivity (Wildman–Crippen MR) is 113 cm³/mol. The van der Waals surface area contributed by atoms with Crippen molar-refractivity contribution in [2.45, 2.75) is 102 Å². The van der Waals surface area contributed by atoms with Gasteiger partial charge >= 0.3 is 5.97 Å². The summed E-state index contributed by atoms with van der Waals surface area (Å²) in [6, 6.07) is 0.0403. The summed E-state index contributed by atoms with van der Waals surface area (Å²) in [5, 5.41) is 10.2. The molecule has 0 fully saturated rings. The van der Waals surface area contributed by atoms with Gasteiger partial charge in [-0.3, -0.25) is 0 Å². The van der Waals surface area contributed by atoms with Gasteiger partial charge in [-0.15, -0.1) is 0 Å². The van der Waals surface area contributed by atoms with Crippen molar-refractivity contribution in [1.82, 2.24) is 4.90 Å². The summed E-state index contributed by atoms with van der Waals surface area (Å²) in [6.45, 7) is 4.36. The minimum absolute atomic E-state index is 0.0403. The summed E-state index contributed by atoms with van der Waals surface area (Å²) < 4.78 is 0.469. The Hall–Kier alpha value is -0.610. The molecule has 0 bridgehead atoms. The van der Waals surface area contributed by atoms with Gasteiger partial charge in [-0.1, -0.05) is 71.6 Å². The van der Waals surface area contributed by atoms with E-state index in [0.29, 0.717) is 4.48 Å². The van der Waals surface area contributed by atoms with E-state index in [1.165, 1.54) is 51.4 Å². The first-order valence-corrected chi connectivity index (χ1v) is 10.9. The average Bonchev–Trinajstić information content (AvgIpc) is 2.53. The fourth-order valence-electron chi connectivity index (χ4n) is 4.50. The number of carbonyl (C=O) groups is 1. The Morgan fingerprint density at radius 1 is 0.885 bits per heavy atom. The molecule has 0 radical (unpaired) electrons. The fourth-order valence-corrected chi connectivity index (χ4v) is 4.50. The quantitative estimate of drug-likeness (QED) is 0.301.